The normalized spacial score (nSPS) is 19.0. The van der Waals surface area contributed by atoms with Gasteiger partial charge in [-0.15, -0.1) is 6.58 Å². The molecule has 3 rings (SSSR count). The molecule has 0 saturated carbocycles. The molecule has 1 saturated heterocycles. The van der Waals surface area contributed by atoms with E-state index in [0.29, 0.717) is 12.2 Å². The van der Waals surface area contributed by atoms with Crippen molar-refractivity contribution in [3.05, 3.63) is 60.7 Å². The molecule has 2 unspecified atom stereocenters. The smallest absolute Gasteiger partial charge is 0.407 e. The van der Waals surface area contributed by atoms with Gasteiger partial charge in [0.15, 0.2) is 0 Å². The first-order valence-corrected chi connectivity index (χ1v) is 15.5. The molecule has 46 heavy (non-hydrogen) atoms. The molecule has 1 fully saturated rings. The van der Waals surface area contributed by atoms with Crippen LogP contribution in [0.4, 0.5) is 4.79 Å². The van der Waals surface area contributed by atoms with E-state index in [-0.39, 0.29) is 31.8 Å². The maximum atomic E-state index is 14.4. The van der Waals surface area contributed by atoms with E-state index < -0.39 is 41.1 Å². The zero-order valence-corrected chi connectivity index (χ0v) is 28.6. The fourth-order valence-corrected chi connectivity index (χ4v) is 5.82. The number of likely N-dealkylation sites (tertiary alicyclic amines) is 1. The van der Waals surface area contributed by atoms with Crippen molar-refractivity contribution < 1.29 is 38.1 Å². The standard InChI is InChI=1S/C36H50N2O8/c1-11-15-35(6,7)16-17-45-33(41)37-30(34(3,4)5)31(39)38-22-36(46-23-42-8,21-28(38)32(40)44-10)27-14-13-25-20-29(43-9)24(12-2)18-26(25)19-27/h11-14,18-20,28,30H,1-2,15-17,21-23H2,3-10H3,(H,37,41)/t28?,30-,36?/m1/s1. The number of alkyl carbamates (subject to hydrolysis) is 1. The number of ether oxygens (including phenoxy) is 5. The van der Waals surface area contributed by atoms with Crippen molar-refractivity contribution in [1.29, 1.82) is 0 Å². The second-order valence-corrected chi connectivity index (χ2v) is 13.6. The molecule has 0 aliphatic carbocycles. The van der Waals surface area contributed by atoms with Gasteiger partial charge in [0.2, 0.25) is 5.91 Å². The van der Waals surface area contributed by atoms with Crippen molar-refractivity contribution in [2.45, 2.75) is 71.6 Å². The summed E-state index contributed by atoms with van der Waals surface area (Å²) in [6, 6.07) is 7.75. The molecule has 0 radical (unpaired) electrons. The lowest BCUT2D eigenvalue weighted by Gasteiger charge is -2.35. The van der Waals surface area contributed by atoms with Gasteiger partial charge >= 0.3 is 12.1 Å². The minimum atomic E-state index is -1.12. The number of nitrogens with zero attached hydrogens (tertiary/aromatic N) is 1. The van der Waals surface area contributed by atoms with Crippen LogP contribution in [0.25, 0.3) is 16.8 Å². The largest absolute Gasteiger partial charge is 0.496 e. The van der Waals surface area contributed by atoms with Crippen molar-refractivity contribution in [2.75, 3.05) is 41.3 Å². The lowest BCUT2D eigenvalue weighted by molar-refractivity contribution is -0.152. The van der Waals surface area contributed by atoms with E-state index in [1.807, 2.05) is 57.2 Å². The quantitative estimate of drug-likeness (QED) is 0.148. The highest BCUT2D eigenvalue weighted by molar-refractivity contribution is 5.92. The maximum absolute atomic E-state index is 14.4. The first-order valence-electron chi connectivity index (χ1n) is 15.5. The third-order valence-electron chi connectivity index (χ3n) is 8.55. The summed E-state index contributed by atoms with van der Waals surface area (Å²) in [6.07, 6.45) is 4.37. The molecule has 1 N–H and O–H groups in total. The number of carbonyl (C=O) groups excluding carboxylic acids is 3. The molecule has 10 nitrogen and oxygen atoms in total. The second-order valence-electron chi connectivity index (χ2n) is 13.6. The Bertz CT molecular complexity index is 1430. The minimum Gasteiger partial charge on any atom is -0.496 e. The van der Waals surface area contributed by atoms with Crippen LogP contribution in [0.15, 0.2) is 49.6 Å². The molecule has 3 atom stereocenters. The molecule has 1 heterocycles. The number of hydrogen-bond acceptors (Lipinski definition) is 8. The highest BCUT2D eigenvalue weighted by Crippen LogP contribution is 2.42. The predicted octanol–water partition coefficient (Wildman–Crippen LogP) is 6.21. The Labute approximate surface area is 273 Å². The van der Waals surface area contributed by atoms with E-state index >= 15 is 0 Å². The molecular formula is C36H50N2O8. The Morgan fingerprint density at radius 1 is 1.07 bits per heavy atom. The lowest BCUT2D eigenvalue weighted by atomic mass is 9.85. The first kappa shape index (κ1) is 36.6. The lowest BCUT2D eigenvalue weighted by Crippen LogP contribution is -2.57. The third-order valence-corrected chi connectivity index (χ3v) is 8.55. The van der Waals surface area contributed by atoms with Gasteiger partial charge in [-0.1, -0.05) is 65.5 Å². The number of carbonyl (C=O) groups is 3. The van der Waals surface area contributed by atoms with Crippen molar-refractivity contribution in [3.8, 4) is 5.75 Å². The van der Waals surface area contributed by atoms with Crippen LogP contribution in [0.3, 0.4) is 0 Å². The first-order chi connectivity index (χ1) is 21.6. The van der Waals surface area contributed by atoms with Crippen molar-refractivity contribution >= 4 is 34.8 Å². The molecule has 2 aromatic rings. The Balaban J connectivity index is 1.99. The summed E-state index contributed by atoms with van der Waals surface area (Å²) in [5.41, 5.74) is -0.348. The highest BCUT2D eigenvalue weighted by Gasteiger charge is 2.53. The number of rotatable bonds is 14. The van der Waals surface area contributed by atoms with E-state index in [1.54, 1.807) is 13.2 Å². The third kappa shape index (κ3) is 8.47. The van der Waals surface area contributed by atoms with Gasteiger partial charge in [0.25, 0.3) is 0 Å². The van der Waals surface area contributed by atoms with E-state index in [1.165, 1.54) is 19.1 Å². The topological polar surface area (TPSA) is 113 Å². The molecule has 0 aromatic heterocycles. The van der Waals surface area contributed by atoms with Crippen LogP contribution < -0.4 is 10.1 Å². The monoisotopic (exact) mass is 638 g/mol. The number of hydrogen-bond donors (Lipinski definition) is 1. The van der Waals surface area contributed by atoms with E-state index in [9.17, 15) is 14.4 Å². The summed E-state index contributed by atoms with van der Waals surface area (Å²) >= 11 is 0. The van der Waals surface area contributed by atoms with Crippen LogP contribution >= 0.6 is 0 Å². The molecule has 0 bridgehead atoms. The number of esters is 1. The van der Waals surface area contributed by atoms with Gasteiger partial charge in [0.05, 0.1) is 27.4 Å². The van der Waals surface area contributed by atoms with Crippen LogP contribution in [0.1, 0.15) is 65.0 Å². The fraction of sp³-hybridized carbons (Fsp3) is 0.528. The number of allylic oxidation sites excluding steroid dienone is 1. The maximum Gasteiger partial charge on any atom is 0.407 e. The summed E-state index contributed by atoms with van der Waals surface area (Å²) in [7, 11) is 4.40. The summed E-state index contributed by atoms with van der Waals surface area (Å²) in [6.45, 7) is 17.5. The second kappa shape index (κ2) is 15.1. The average Bonchev–Trinajstić information content (AvgIpc) is 3.41. The molecule has 1 aliphatic rings. The highest BCUT2D eigenvalue weighted by atomic mass is 16.7. The van der Waals surface area contributed by atoms with Gasteiger partial charge < -0.3 is 33.9 Å². The van der Waals surface area contributed by atoms with Crippen molar-refractivity contribution in [1.82, 2.24) is 10.2 Å². The minimum absolute atomic E-state index is 0.0178. The van der Waals surface area contributed by atoms with Gasteiger partial charge in [-0.25, -0.2) is 9.59 Å². The summed E-state index contributed by atoms with van der Waals surface area (Å²) in [4.78, 5) is 42.0. The Morgan fingerprint density at radius 2 is 1.78 bits per heavy atom. The van der Waals surface area contributed by atoms with Gasteiger partial charge in [-0.2, -0.15) is 0 Å². The van der Waals surface area contributed by atoms with E-state index in [2.05, 4.69) is 32.3 Å². The number of methoxy groups -OCH3 is 3. The molecule has 2 amide bonds. The molecule has 1 aliphatic heterocycles. The molecule has 10 heteroatoms. The van der Waals surface area contributed by atoms with Crippen LogP contribution in [-0.4, -0.2) is 76.2 Å². The van der Waals surface area contributed by atoms with E-state index in [0.717, 1.165) is 28.3 Å². The van der Waals surface area contributed by atoms with Crippen molar-refractivity contribution in [2.24, 2.45) is 10.8 Å². The molecule has 0 spiro atoms. The van der Waals surface area contributed by atoms with Crippen LogP contribution in [0, 0.1) is 10.8 Å². The van der Waals surface area contributed by atoms with E-state index in [4.69, 9.17) is 23.7 Å². The fourth-order valence-electron chi connectivity index (χ4n) is 5.82. The van der Waals surface area contributed by atoms with Gasteiger partial charge in [0, 0.05) is 19.1 Å². The number of amides is 2. The van der Waals surface area contributed by atoms with Crippen molar-refractivity contribution in [3.63, 3.8) is 0 Å². The SMILES string of the molecule is C=CCC(C)(C)CCOC(=O)N[C@H](C(=O)N1CC(OCOC)(c2ccc3cc(OC)c(C=C)cc3c2)CC1C(=O)OC)C(C)(C)C. The molecule has 252 valence electrons. The number of nitrogens with one attached hydrogen (secondary N) is 1. The Kier molecular flexibility index (Phi) is 12.0. The average molecular weight is 639 g/mol. The van der Waals surface area contributed by atoms with Gasteiger partial charge in [0.1, 0.15) is 30.2 Å². The zero-order chi connectivity index (χ0) is 34.3. The number of benzene rings is 2. The van der Waals surface area contributed by atoms with Gasteiger partial charge in [-0.05, 0) is 58.2 Å². The summed E-state index contributed by atoms with van der Waals surface area (Å²) in [5.74, 6) is -0.340. The molecular weight excluding hydrogens is 588 g/mol. The summed E-state index contributed by atoms with van der Waals surface area (Å²) < 4.78 is 27.8. The van der Waals surface area contributed by atoms with Gasteiger partial charge in [-0.3, -0.25) is 4.79 Å². The summed E-state index contributed by atoms with van der Waals surface area (Å²) in [5, 5.41) is 4.62. The van der Waals surface area contributed by atoms with Crippen LogP contribution in [0.2, 0.25) is 0 Å². The molecule has 2 aromatic carbocycles. The van der Waals surface area contributed by atoms with Crippen LogP contribution in [-0.2, 0) is 34.1 Å². The predicted molar refractivity (Wildman–Crippen MR) is 178 cm³/mol. The Morgan fingerprint density at radius 3 is 2.37 bits per heavy atom. The Hall–Kier alpha value is -3.89. The zero-order valence-electron chi connectivity index (χ0n) is 28.6. The van der Waals surface area contributed by atoms with Crippen LogP contribution in [0.5, 0.6) is 5.75 Å². The number of fused-ring (bicyclic) bond motifs is 1.